The SMILES string of the molecule is CCn1c(SCC(=O)NCCCn2cnc3ccccc32)nnc1-c1ccccc1C. The summed E-state index contributed by atoms with van der Waals surface area (Å²) in [7, 11) is 0. The zero-order valence-corrected chi connectivity index (χ0v) is 18.6. The Kier molecular flexibility index (Phi) is 6.66. The van der Waals surface area contributed by atoms with E-state index < -0.39 is 0 Å². The molecule has 0 saturated heterocycles. The molecular formula is C23H26N6OS. The molecule has 0 bridgehead atoms. The Morgan fingerprint density at radius 1 is 1.10 bits per heavy atom. The monoisotopic (exact) mass is 434 g/mol. The lowest BCUT2D eigenvalue weighted by atomic mass is 10.1. The third-order valence-electron chi connectivity index (χ3n) is 5.18. The number of aromatic nitrogens is 5. The van der Waals surface area contributed by atoms with Crippen molar-refractivity contribution in [1.82, 2.24) is 29.6 Å². The Balaban J connectivity index is 1.28. The zero-order valence-electron chi connectivity index (χ0n) is 17.8. The minimum absolute atomic E-state index is 0.00332. The highest BCUT2D eigenvalue weighted by atomic mass is 32.2. The van der Waals surface area contributed by atoms with Gasteiger partial charge in [0.1, 0.15) is 0 Å². The van der Waals surface area contributed by atoms with Crippen molar-refractivity contribution in [3.05, 3.63) is 60.4 Å². The highest BCUT2D eigenvalue weighted by Crippen LogP contribution is 2.26. The number of amides is 1. The van der Waals surface area contributed by atoms with Gasteiger partial charge in [0.15, 0.2) is 11.0 Å². The van der Waals surface area contributed by atoms with Gasteiger partial charge in [-0.15, -0.1) is 10.2 Å². The fourth-order valence-corrected chi connectivity index (χ4v) is 4.38. The molecule has 8 heteroatoms. The number of carbonyl (C=O) groups excluding carboxylic acids is 1. The molecule has 0 radical (unpaired) electrons. The van der Waals surface area contributed by atoms with Gasteiger partial charge in [-0.2, -0.15) is 0 Å². The summed E-state index contributed by atoms with van der Waals surface area (Å²) < 4.78 is 4.18. The number of rotatable bonds is 9. The van der Waals surface area contributed by atoms with E-state index in [4.69, 9.17) is 0 Å². The first-order valence-electron chi connectivity index (χ1n) is 10.5. The number of carbonyl (C=O) groups is 1. The molecule has 0 fully saturated rings. The summed E-state index contributed by atoms with van der Waals surface area (Å²) in [6.45, 7) is 6.32. The molecule has 2 heterocycles. The average molecular weight is 435 g/mol. The standard InChI is InChI=1S/C23H26N6OS/c1-3-29-22(18-10-5-4-9-17(18)2)26-27-23(29)31-15-21(30)24-13-8-14-28-16-25-19-11-6-7-12-20(19)28/h4-7,9-12,16H,3,8,13-15H2,1-2H3,(H,24,30). The Bertz CT molecular complexity index is 1180. The van der Waals surface area contributed by atoms with Gasteiger partial charge in [-0.25, -0.2) is 4.98 Å². The molecule has 7 nitrogen and oxygen atoms in total. The number of fused-ring (bicyclic) bond motifs is 1. The van der Waals surface area contributed by atoms with Gasteiger partial charge in [-0.3, -0.25) is 4.79 Å². The van der Waals surface area contributed by atoms with Crippen LogP contribution in [-0.2, 0) is 17.9 Å². The largest absolute Gasteiger partial charge is 0.355 e. The van der Waals surface area contributed by atoms with Crippen LogP contribution in [0.2, 0.25) is 0 Å². The number of hydrogen-bond donors (Lipinski definition) is 1. The second-order valence-corrected chi connectivity index (χ2v) is 8.23. The van der Waals surface area contributed by atoms with Crippen molar-refractivity contribution in [3.63, 3.8) is 0 Å². The maximum absolute atomic E-state index is 12.3. The topological polar surface area (TPSA) is 77.6 Å². The third-order valence-corrected chi connectivity index (χ3v) is 6.14. The lowest BCUT2D eigenvalue weighted by Crippen LogP contribution is -2.27. The second kappa shape index (κ2) is 9.78. The molecule has 4 aromatic rings. The lowest BCUT2D eigenvalue weighted by Gasteiger charge is -2.09. The summed E-state index contributed by atoms with van der Waals surface area (Å²) in [6, 6.07) is 16.2. The van der Waals surface area contributed by atoms with Crippen LogP contribution in [0, 0.1) is 6.92 Å². The predicted molar refractivity (Wildman–Crippen MR) is 124 cm³/mol. The smallest absolute Gasteiger partial charge is 0.230 e. The summed E-state index contributed by atoms with van der Waals surface area (Å²) in [5.74, 6) is 1.17. The van der Waals surface area contributed by atoms with Crippen LogP contribution >= 0.6 is 11.8 Å². The molecule has 1 amide bonds. The molecule has 4 rings (SSSR count). The van der Waals surface area contributed by atoms with E-state index in [9.17, 15) is 4.79 Å². The molecule has 1 N–H and O–H groups in total. The van der Waals surface area contributed by atoms with Crippen molar-refractivity contribution in [2.45, 2.75) is 38.5 Å². The first-order chi connectivity index (χ1) is 15.2. The van der Waals surface area contributed by atoms with Crippen LogP contribution < -0.4 is 5.32 Å². The number of imidazole rings is 1. The van der Waals surface area contributed by atoms with Crippen molar-refractivity contribution >= 4 is 28.7 Å². The number of nitrogens with zero attached hydrogens (tertiary/aromatic N) is 5. The van der Waals surface area contributed by atoms with Crippen LogP contribution in [0.3, 0.4) is 0 Å². The fraction of sp³-hybridized carbons (Fsp3) is 0.304. The molecular weight excluding hydrogens is 408 g/mol. The van der Waals surface area contributed by atoms with E-state index in [-0.39, 0.29) is 5.91 Å². The lowest BCUT2D eigenvalue weighted by molar-refractivity contribution is -0.118. The molecule has 0 aliphatic rings. The predicted octanol–water partition coefficient (Wildman–Crippen LogP) is 3.92. The molecule has 0 atom stereocenters. The van der Waals surface area contributed by atoms with Crippen molar-refractivity contribution in [1.29, 1.82) is 0 Å². The minimum Gasteiger partial charge on any atom is -0.355 e. The van der Waals surface area contributed by atoms with Gasteiger partial charge < -0.3 is 14.5 Å². The summed E-state index contributed by atoms with van der Waals surface area (Å²) in [5, 5.41) is 12.5. The molecule has 0 aliphatic carbocycles. The molecule has 2 aromatic carbocycles. The van der Waals surface area contributed by atoms with E-state index >= 15 is 0 Å². The molecule has 0 saturated carbocycles. The van der Waals surface area contributed by atoms with E-state index in [0.29, 0.717) is 12.3 Å². The van der Waals surface area contributed by atoms with E-state index in [1.807, 2.05) is 36.7 Å². The number of benzene rings is 2. The van der Waals surface area contributed by atoms with E-state index in [0.717, 1.165) is 52.7 Å². The summed E-state index contributed by atoms with van der Waals surface area (Å²) in [5.41, 5.74) is 4.34. The summed E-state index contributed by atoms with van der Waals surface area (Å²) >= 11 is 1.42. The van der Waals surface area contributed by atoms with E-state index in [1.54, 1.807) is 0 Å². The molecule has 31 heavy (non-hydrogen) atoms. The number of thioether (sulfide) groups is 1. The highest BCUT2D eigenvalue weighted by molar-refractivity contribution is 7.99. The van der Waals surface area contributed by atoms with Crippen LogP contribution in [0.4, 0.5) is 0 Å². The minimum atomic E-state index is 0.00332. The Morgan fingerprint density at radius 2 is 1.90 bits per heavy atom. The van der Waals surface area contributed by atoms with Crippen molar-refractivity contribution < 1.29 is 4.79 Å². The van der Waals surface area contributed by atoms with Gasteiger partial charge in [-0.1, -0.05) is 48.2 Å². The fourth-order valence-electron chi connectivity index (χ4n) is 3.55. The zero-order chi connectivity index (χ0) is 21.6. The molecule has 0 spiro atoms. The molecule has 0 unspecified atom stereocenters. The van der Waals surface area contributed by atoms with Gasteiger partial charge in [0.25, 0.3) is 0 Å². The van der Waals surface area contributed by atoms with Crippen molar-refractivity contribution in [2.24, 2.45) is 0 Å². The third kappa shape index (κ3) is 4.80. The van der Waals surface area contributed by atoms with Gasteiger partial charge in [-0.05, 0) is 38.0 Å². The van der Waals surface area contributed by atoms with Crippen LogP contribution in [0.5, 0.6) is 0 Å². The van der Waals surface area contributed by atoms with Gasteiger partial charge >= 0.3 is 0 Å². The van der Waals surface area contributed by atoms with Gasteiger partial charge in [0, 0.05) is 25.2 Å². The number of nitrogens with one attached hydrogen (secondary N) is 1. The quantitative estimate of drug-likeness (QED) is 0.319. The maximum atomic E-state index is 12.3. The summed E-state index contributed by atoms with van der Waals surface area (Å²) in [6.07, 6.45) is 2.70. The number of hydrogen-bond acceptors (Lipinski definition) is 5. The number of para-hydroxylation sites is 2. The first-order valence-corrected chi connectivity index (χ1v) is 11.4. The Hall–Kier alpha value is -3.13. The average Bonchev–Trinajstić information content (AvgIpc) is 3.39. The van der Waals surface area contributed by atoms with Crippen molar-refractivity contribution in [3.8, 4) is 11.4 Å². The highest BCUT2D eigenvalue weighted by Gasteiger charge is 2.15. The van der Waals surface area contributed by atoms with Crippen LogP contribution in [0.15, 0.2) is 60.0 Å². The van der Waals surface area contributed by atoms with E-state index in [2.05, 4.69) is 61.7 Å². The Labute approximate surface area is 185 Å². The second-order valence-electron chi connectivity index (χ2n) is 7.28. The molecule has 2 aromatic heterocycles. The molecule has 160 valence electrons. The summed E-state index contributed by atoms with van der Waals surface area (Å²) in [4.78, 5) is 16.7. The number of aryl methyl sites for hydroxylation is 2. The normalized spacial score (nSPS) is 11.2. The Morgan fingerprint density at radius 3 is 2.74 bits per heavy atom. The van der Waals surface area contributed by atoms with Crippen LogP contribution in [-0.4, -0.2) is 42.5 Å². The van der Waals surface area contributed by atoms with Crippen LogP contribution in [0.1, 0.15) is 18.9 Å². The van der Waals surface area contributed by atoms with Gasteiger partial charge in [0.2, 0.25) is 5.91 Å². The van der Waals surface area contributed by atoms with Crippen molar-refractivity contribution in [2.75, 3.05) is 12.3 Å². The van der Waals surface area contributed by atoms with E-state index in [1.165, 1.54) is 11.8 Å². The first kappa shape index (κ1) is 21.1. The maximum Gasteiger partial charge on any atom is 0.230 e. The molecule has 0 aliphatic heterocycles. The van der Waals surface area contributed by atoms with Crippen LogP contribution in [0.25, 0.3) is 22.4 Å². The van der Waals surface area contributed by atoms with Gasteiger partial charge in [0.05, 0.1) is 23.1 Å².